The van der Waals surface area contributed by atoms with E-state index in [1.54, 1.807) is 0 Å². The summed E-state index contributed by atoms with van der Waals surface area (Å²) in [5.41, 5.74) is 3.84. The van der Waals surface area contributed by atoms with E-state index in [1.165, 1.54) is 16.8 Å². The zero-order chi connectivity index (χ0) is 13.2. The molecule has 1 aromatic carbocycles. The maximum absolute atomic E-state index is 12.5. The van der Waals surface area contributed by atoms with E-state index in [0.29, 0.717) is 5.91 Å². The molecule has 100 valence electrons. The van der Waals surface area contributed by atoms with Crippen molar-refractivity contribution in [3.8, 4) is 0 Å². The van der Waals surface area contributed by atoms with Gasteiger partial charge in [-0.15, -0.1) is 0 Å². The molecule has 1 N–H and O–H groups in total. The molecule has 0 bridgehead atoms. The summed E-state index contributed by atoms with van der Waals surface area (Å²) in [6, 6.07) is 8.28. The highest BCUT2D eigenvalue weighted by atomic mass is 16.2. The fourth-order valence-electron chi connectivity index (χ4n) is 2.85. The van der Waals surface area contributed by atoms with E-state index in [-0.39, 0.29) is 5.92 Å². The first kappa shape index (κ1) is 12.3. The molecule has 1 aromatic rings. The van der Waals surface area contributed by atoms with E-state index in [1.807, 2.05) is 17.0 Å². The van der Waals surface area contributed by atoms with Crippen LogP contribution in [0.1, 0.15) is 18.9 Å². The van der Waals surface area contributed by atoms with E-state index in [2.05, 4.69) is 30.4 Å². The predicted octanol–water partition coefficient (Wildman–Crippen LogP) is 2.45. The Bertz CT molecular complexity index is 521. The van der Waals surface area contributed by atoms with Crippen molar-refractivity contribution in [1.29, 1.82) is 0 Å². The van der Waals surface area contributed by atoms with E-state index >= 15 is 0 Å². The molecule has 0 saturated carbocycles. The Morgan fingerprint density at radius 3 is 3.00 bits per heavy atom. The lowest BCUT2D eigenvalue weighted by Gasteiger charge is -2.32. The van der Waals surface area contributed by atoms with Gasteiger partial charge in [0.25, 0.3) is 0 Å². The number of rotatable bonds is 1. The Kier molecular flexibility index (Phi) is 3.28. The maximum Gasteiger partial charge on any atom is 0.228 e. The summed E-state index contributed by atoms with van der Waals surface area (Å²) in [6.45, 7) is 4.55. The van der Waals surface area contributed by atoms with Crippen LogP contribution in [0.25, 0.3) is 0 Å². The van der Waals surface area contributed by atoms with Crippen LogP contribution in [0, 0.1) is 5.92 Å². The van der Waals surface area contributed by atoms with Gasteiger partial charge in [-0.05, 0) is 31.4 Å². The number of para-hydroxylation sites is 1. The van der Waals surface area contributed by atoms with Crippen molar-refractivity contribution in [1.82, 2.24) is 4.90 Å². The topological polar surface area (TPSA) is 32.3 Å². The standard InChI is InChI=1S/C16H20N2O/c1-12-6-8-18(9-7-12)16(19)14-10-13-4-2-3-5-15(13)17-11-14/h2-6,14,17H,7-11H2,1H3. The van der Waals surface area contributed by atoms with Gasteiger partial charge in [0.05, 0.1) is 5.92 Å². The third-order valence-electron chi connectivity index (χ3n) is 4.12. The van der Waals surface area contributed by atoms with E-state index in [0.717, 1.165) is 32.5 Å². The molecule has 2 aliphatic heterocycles. The number of nitrogens with one attached hydrogen (secondary N) is 1. The first-order valence-corrected chi connectivity index (χ1v) is 7.00. The van der Waals surface area contributed by atoms with Gasteiger partial charge in [0.15, 0.2) is 0 Å². The molecule has 0 spiro atoms. The molecule has 0 radical (unpaired) electrons. The first-order valence-electron chi connectivity index (χ1n) is 7.00. The lowest BCUT2D eigenvalue weighted by atomic mass is 9.92. The van der Waals surface area contributed by atoms with Crippen molar-refractivity contribution in [3.05, 3.63) is 41.5 Å². The van der Waals surface area contributed by atoms with Crippen molar-refractivity contribution in [2.75, 3.05) is 25.0 Å². The van der Waals surface area contributed by atoms with Gasteiger partial charge >= 0.3 is 0 Å². The van der Waals surface area contributed by atoms with Gasteiger partial charge < -0.3 is 10.2 Å². The molecule has 1 unspecified atom stereocenters. The predicted molar refractivity (Wildman–Crippen MR) is 77.1 cm³/mol. The molecule has 2 heterocycles. The minimum atomic E-state index is 0.0849. The van der Waals surface area contributed by atoms with Crippen molar-refractivity contribution < 1.29 is 4.79 Å². The van der Waals surface area contributed by atoms with Crippen LogP contribution in [-0.4, -0.2) is 30.4 Å². The van der Waals surface area contributed by atoms with E-state index in [9.17, 15) is 4.79 Å². The molecule has 0 aromatic heterocycles. The van der Waals surface area contributed by atoms with Gasteiger partial charge in [0, 0.05) is 25.3 Å². The number of benzene rings is 1. The number of anilines is 1. The largest absolute Gasteiger partial charge is 0.384 e. The number of fused-ring (bicyclic) bond motifs is 1. The second kappa shape index (κ2) is 5.08. The zero-order valence-corrected chi connectivity index (χ0v) is 11.4. The number of hydrogen-bond acceptors (Lipinski definition) is 2. The fraction of sp³-hybridized carbons (Fsp3) is 0.438. The third-order valence-corrected chi connectivity index (χ3v) is 4.12. The van der Waals surface area contributed by atoms with Gasteiger partial charge in [0.1, 0.15) is 0 Å². The molecule has 2 aliphatic rings. The molecule has 0 aliphatic carbocycles. The van der Waals surface area contributed by atoms with Crippen LogP contribution in [0.15, 0.2) is 35.9 Å². The van der Waals surface area contributed by atoms with Gasteiger partial charge in [-0.1, -0.05) is 29.8 Å². The van der Waals surface area contributed by atoms with Crippen LogP contribution in [-0.2, 0) is 11.2 Å². The molecule has 19 heavy (non-hydrogen) atoms. The summed E-state index contributed by atoms with van der Waals surface area (Å²) in [6.07, 6.45) is 4.05. The normalized spacial score (nSPS) is 22.3. The summed E-state index contributed by atoms with van der Waals surface area (Å²) >= 11 is 0. The lowest BCUT2D eigenvalue weighted by molar-refractivity contribution is -0.134. The van der Waals surface area contributed by atoms with Crippen molar-refractivity contribution in [3.63, 3.8) is 0 Å². The van der Waals surface area contributed by atoms with Crippen LogP contribution in [0.5, 0.6) is 0 Å². The second-order valence-electron chi connectivity index (χ2n) is 5.52. The average molecular weight is 256 g/mol. The highest BCUT2D eigenvalue weighted by molar-refractivity contribution is 5.81. The van der Waals surface area contributed by atoms with Crippen molar-refractivity contribution in [2.24, 2.45) is 5.92 Å². The Morgan fingerprint density at radius 1 is 1.37 bits per heavy atom. The third kappa shape index (κ3) is 2.50. The minimum absolute atomic E-state index is 0.0849. The summed E-state index contributed by atoms with van der Waals surface area (Å²) in [7, 11) is 0. The van der Waals surface area contributed by atoms with Crippen LogP contribution in [0.4, 0.5) is 5.69 Å². The van der Waals surface area contributed by atoms with Crippen molar-refractivity contribution in [2.45, 2.75) is 19.8 Å². The Labute approximate surface area is 114 Å². The van der Waals surface area contributed by atoms with Crippen LogP contribution >= 0.6 is 0 Å². The smallest absolute Gasteiger partial charge is 0.228 e. The number of carbonyl (C=O) groups is 1. The van der Waals surface area contributed by atoms with E-state index < -0.39 is 0 Å². The van der Waals surface area contributed by atoms with Crippen LogP contribution in [0.3, 0.4) is 0 Å². The first-order chi connectivity index (χ1) is 9.24. The zero-order valence-electron chi connectivity index (χ0n) is 11.4. The summed E-state index contributed by atoms with van der Waals surface area (Å²) in [4.78, 5) is 14.5. The summed E-state index contributed by atoms with van der Waals surface area (Å²) in [5, 5.41) is 3.38. The maximum atomic E-state index is 12.5. The molecular weight excluding hydrogens is 236 g/mol. The SMILES string of the molecule is CC1=CCN(C(=O)C2CNc3ccccc3C2)CC1. The summed E-state index contributed by atoms with van der Waals surface area (Å²) in [5.74, 6) is 0.382. The molecule has 3 heteroatoms. The van der Waals surface area contributed by atoms with Gasteiger partial charge in [0.2, 0.25) is 5.91 Å². The number of carbonyl (C=O) groups excluding carboxylic acids is 1. The van der Waals surface area contributed by atoms with Gasteiger partial charge in [-0.25, -0.2) is 0 Å². The molecule has 0 fully saturated rings. The fourth-order valence-corrected chi connectivity index (χ4v) is 2.85. The number of hydrogen-bond donors (Lipinski definition) is 1. The second-order valence-corrected chi connectivity index (χ2v) is 5.52. The lowest BCUT2D eigenvalue weighted by Crippen LogP contribution is -2.43. The van der Waals surface area contributed by atoms with Crippen LogP contribution in [0.2, 0.25) is 0 Å². The molecule has 0 saturated heterocycles. The Hall–Kier alpha value is -1.77. The molecule has 3 nitrogen and oxygen atoms in total. The monoisotopic (exact) mass is 256 g/mol. The number of nitrogens with zero attached hydrogens (tertiary/aromatic N) is 1. The van der Waals surface area contributed by atoms with Gasteiger partial charge in [-0.3, -0.25) is 4.79 Å². The minimum Gasteiger partial charge on any atom is -0.384 e. The summed E-state index contributed by atoms with van der Waals surface area (Å²) < 4.78 is 0. The highest BCUT2D eigenvalue weighted by Gasteiger charge is 2.28. The Balaban J connectivity index is 1.70. The quantitative estimate of drug-likeness (QED) is 0.783. The molecule has 1 amide bonds. The van der Waals surface area contributed by atoms with Crippen LogP contribution < -0.4 is 5.32 Å². The number of amides is 1. The highest BCUT2D eigenvalue weighted by Crippen LogP contribution is 2.26. The van der Waals surface area contributed by atoms with Crippen molar-refractivity contribution >= 4 is 11.6 Å². The Morgan fingerprint density at radius 2 is 2.21 bits per heavy atom. The average Bonchev–Trinajstić information content (AvgIpc) is 2.47. The molecular formula is C16H20N2O. The molecule has 1 atom stereocenters. The molecule has 3 rings (SSSR count). The van der Waals surface area contributed by atoms with E-state index in [4.69, 9.17) is 0 Å². The van der Waals surface area contributed by atoms with Gasteiger partial charge in [-0.2, -0.15) is 0 Å².